The van der Waals surface area contributed by atoms with Gasteiger partial charge in [-0.1, -0.05) is 43.3 Å². The van der Waals surface area contributed by atoms with Crippen molar-refractivity contribution in [2.45, 2.75) is 18.9 Å². The molecule has 0 spiro atoms. The zero-order valence-corrected chi connectivity index (χ0v) is 14.5. The van der Waals surface area contributed by atoms with Crippen LogP contribution in [0.5, 0.6) is 5.75 Å². The number of piperidine rings is 1. The molecule has 1 aliphatic heterocycles. The smallest absolute Gasteiger partial charge is 0.243 e. The van der Waals surface area contributed by atoms with E-state index < -0.39 is 5.54 Å². The third-order valence-corrected chi connectivity index (χ3v) is 4.93. The van der Waals surface area contributed by atoms with Crippen LogP contribution >= 0.6 is 0 Å². The molecule has 1 aliphatic rings. The lowest BCUT2D eigenvalue weighted by atomic mass is 9.78. The number of carbonyl (C=O) groups is 1. The Kier molecular flexibility index (Phi) is 5.24. The average molecular weight is 339 g/mol. The van der Waals surface area contributed by atoms with E-state index in [0.29, 0.717) is 13.2 Å². The standard InChI is InChI=1S/C20H25N3O2/c1-16-14-23(15-25-18-10-6-3-7-11-18)13-12-20(16,19(21)24)22-17-8-4-2-5-9-17/h2-11,16,22H,12-15H2,1H3,(H2,21,24). The summed E-state index contributed by atoms with van der Waals surface area (Å²) in [6, 6.07) is 19.5. The largest absolute Gasteiger partial charge is 0.478 e. The number of hydrogen-bond donors (Lipinski definition) is 2. The van der Waals surface area contributed by atoms with E-state index in [1.807, 2.05) is 60.7 Å². The molecule has 0 bridgehead atoms. The van der Waals surface area contributed by atoms with E-state index in [4.69, 9.17) is 10.5 Å². The summed E-state index contributed by atoms with van der Waals surface area (Å²) in [5.41, 5.74) is 5.99. The molecule has 2 unspecified atom stereocenters. The zero-order chi connectivity index (χ0) is 17.7. The summed E-state index contributed by atoms with van der Waals surface area (Å²) < 4.78 is 5.83. The van der Waals surface area contributed by atoms with Gasteiger partial charge in [0.05, 0.1) is 0 Å². The monoisotopic (exact) mass is 339 g/mol. The van der Waals surface area contributed by atoms with Gasteiger partial charge in [0.2, 0.25) is 5.91 Å². The lowest BCUT2D eigenvalue weighted by molar-refractivity contribution is -0.126. The van der Waals surface area contributed by atoms with Crippen LogP contribution in [-0.2, 0) is 4.79 Å². The van der Waals surface area contributed by atoms with Crippen molar-refractivity contribution in [3.8, 4) is 5.75 Å². The van der Waals surface area contributed by atoms with Crippen LogP contribution in [0.4, 0.5) is 5.69 Å². The van der Waals surface area contributed by atoms with E-state index in [2.05, 4.69) is 17.1 Å². The maximum absolute atomic E-state index is 12.3. The molecule has 5 nitrogen and oxygen atoms in total. The Labute approximate surface area is 148 Å². The fourth-order valence-electron chi connectivity index (χ4n) is 3.41. The Hall–Kier alpha value is -2.53. The molecule has 2 atom stereocenters. The van der Waals surface area contributed by atoms with Crippen molar-refractivity contribution in [1.29, 1.82) is 0 Å². The minimum Gasteiger partial charge on any atom is -0.478 e. The highest BCUT2D eigenvalue weighted by molar-refractivity contribution is 5.88. The Morgan fingerprint density at radius 2 is 1.84 bits per heavy atom. The molecule has 1 saturated heterocycles. The molecular formula is C20H25N3O2. The first kappa shape index (κ1) is 17.3. The lowest BCUT2D eigenvalue weighted by Crippen LogP contribution is -2.62. The van der Waals surface area contributed by atoms with E-state index in [0.717, 1.165) is 24.5 Å². The van der Waals surface area contributed by atoms with E-state index in [9.17, 15) is 4.79 Å². The maximum atomic E-state index is 12.3. The van der Waals surface area contributed by atoms with Gasteiger partial charge in [-0.2, -0.15) is 0 Å². The van der Waals surface area contributed by atoms with Crippen LogP contribution in [0, 0.1) is 5.92 Å². The average Bonchev–Trinajstić information content (AvgIpc) is 2.63. The van der Waals surface area contributed by atoms with E-state index in [-0.39, 0.29) is 11.8 Å². The number of carbonyl (C=O) groups excluding carboxylic acids is 1. The molecule has 0 aromatic heterocycles. The van der Waals surface area contributed by atoms with Crippen LogP contribution in [-0.4, -0.2) is 36.2 Å². The number of ether oxygens (including phenoxy) is 1. The molecule has 5 heteroatoms. The number of nitrogens with one attached hydrogen (secondary N) is 1. The fourth-order valence-corrected chi connectivity index (χ4v) is 3.41. The molecule has 0 saturated carbocycles. The number of amides is 1. The third-order valence-electron chi connectivity index (χ3n) is 4.93. The number of primary amides is 1. The minimum atomic E-state index is -0.732. The highest BCUT2D eigenvalue weighted by Gasteiger charge is 2.45. The van der Waals surface area contributed by atoms with Crippen LogP contribution in [0.3, 0.4) is 0 Å². The van der Waals surface area contributed by atoms with Gasteiger partial charge in [0, 0.05) is 24.7 Å². The van der Waals surface area contributed by atoms with Crippen LogP contribution < -0.4 is 15.8 Å². The van der Waals surface area contributed by atoms with Crippen LogP contribution in [0.15, 0.2) is 60.7 Å². The molecule has 132 valence electrons. The van der Waals surface area contributed by atoms with Gasteiger partial charge in [-0.3, -0.25) is 9.69 Å². The summed E-state index contributed by atoms with van der Waals surface area (Å²) in [6.07, 6.45) is 0.649. The molecule has 0 aliphatic carbocycles. The number of hydrogen-bond acceptors (Lipinski definition) is 4. The van der Waals surface area contributed by atoms with E-state index >= 15 is 0 Å². The molecule has 2 aromatic rings. The number of nitrogens with zero attached hydrogens (tertiary/aromatic N) is 1. The minimum absolute atomic E-state index is 0.0679. The first-order valence-corrected chi connectivity index (χ1v) is 8.63. The Morgan fingerprint density at radius 3 is 2.44 bits per heavy atom. The van der Waals surface area contributed by atoms with Gasteiger partial charge < -0.3 is 15.8 Å². The second-order valence-corrected chi connectivity index (χ2v) is 6.64. The second kappa shape index (κ2) is 7.57. The SMILES string of the molecule is CC1CN(COc2ccccc2)CCC1(Nc1ccccc1)C(N)=O. The Balaban J connectivity index is 1.65. The molecule has 0 radical (unpaired) electrons. The third kappa shape index (κ3) is 3.94. The van der Waals surface area contributed by atoms with Crippen LogP contribution in [0.2, 0.25) is 0 Å². The van der Waals surface area contributed by atoms with Gasteiger partial charge in [0.25, 0.3) is 0 Å². The summed E-state index contributed by atoms with van der Waals surface area (Å²) in [6.45, 7) is 4.07. The van der Waals surface area contributed by atoms with Gasteiger partial charge in [0.15, 0.2) is 0 Å². The van der Waals surface area contributed by atoms with Crippen molar-refractivity contribution < 1.29 is 9.53 Å². The molecule has 1 heterocycles. The summed E-state index contributed by atoms with van der Waals surface area (Å²) in [7, 11) is 0. The summed E-state index contributed by atoms with van der Waals surface area (Å²) >= 11 is 0. The first-order valence-electron chi connectivity index (χ1n) is 8.63. The van der Waals surface area contributed by atoms with Crippen molar-refractivity contribution in [1.82, 2.24) is 4.90 Å². The highest BCUT2D eigenvalue weighted by Crippen LogP contribution is 2.31. The number of nitrogens with two attached hydrogens (primary N) is 1. The number of benzene rings is 2. The summed E-state index contributed by atoms with van der Waals surface area (Å²) in [5, 5.41) is 3.40. The van der Waals surface area contributed by atoms with Crippen molar-refractivity contribution in [3.05, 3.63) is 60.7 Å². The van der Waals surface area contributed by atoms with Crippen molar-refractivity contribution >= 4 is 11.6 Å². The number of para-hydroxylation sites is 2. The van der Waals surface area contributed by atoms with Crippen LogP contribution in [0.25, 0.3) is 0 Å². The molecular weight excluding hydrogens is 314 g/mol. The quantitative estimate of drug-likeness (QED) is 0.849. The first-order chi connectivity index (χ1) is 12.1. The molecule has 1 amide bonds. The van der Waals surface area contributed by atoms with Crippen molar-refractivity contribution in [2.24, 2.45) is 11.7 Å². The fraction of sp³-hybridized carbons (Fsp3) is 0.350. The van der Waals surface area contributed by atoms with E-state index in [1.165, 1.54) is 0 Å². The maximum Gasteiger partial charge on any atom is 0.243 e. The van der Waals surface area contributed by atoms with Crippen LogP contribution in [0.1, 0.15) is 13.3 Å². The molecule has 2 aromatic carbocycles. The summed E-state index contributed by atoms with van der Waals surface area (Å²) in [4.78, 5) is 14.5. The van der Waals surface area contributed by atoms with Crippen molar-refractivity contribution in [2.75, 3.05) is 25.1 Å². The molecule has 3 rings (SSSR count). The Bertz CT molecular complexity index is 693. The number of rotatable bonds is 6. The second-order valence-electron chi connectivity index (χ2n) is 6.64. The van der Waals surface area contributed by atoms with Gasteiger partial charge >= 0.3 is 0 Å². The van der Waals surface area contributed by atoms with Gasteiger partial charge in [-0.15, -0.1) is 0 Å². The number of anilines is 1. The lowest BCUT2D eigenvalue weighted by Gasteiger charge is -2.45. The Morgan fingerprint density at radius 1 is 1.20 bits per heavy atom. The predicted molar refractivity (Wildman–Crippen MR) is 99.3 cm³/mol. The van der Waals surface area contributed by atoms with Gasteiger partial charge in [-0.25, -0.2) is 0 Å². The zero-order valence-electron chi connectivity index (χ0n) is 14.5. The van der Waals surface area contributed by atoms with Gasteiger partial charge in [-0.05, 0) is 30.7 Å². The summed E-state index contributed by atoms with van der Waals surface area (Å²) in [5.74, 6) is 0.620. The van der Waals surface area contributed by atoms with Crippen molar-refractivity contribution in [3.63, 3.8) is 0 Å². The number of likely N-dealkylation sites (tertiary alicyclic amines) is 1. The molecule has 25 heavy (non-hydrogen) atoms. The van der Waals surface area contributed by atoms with Gasteiger partial charge in [0.1, 0.15) is 18.0 Å². The highest BCUT2D eigenvalue weighted by atomic mass is 16.5. The predicted octanol–water partition coefficient (Wildman–Crippen LogP) is 2.70. The normalized spacial score (nSPS) is 23.8. The molecule has 1 fully saturated rings. The topological polar surface area (TPSA) is 67.6 Å². The molecule has 3 N–H and O–H groups in total. The van der Waals surface area contributed by atoms with E-state index in [1.54, 1.807) is 0 Å².